The fraction of sp³-hybridized carbons (Fsp3) is 0.312. The van der Waals surface area contributed by atoms with Gasteiger partial charge in [-0.25, -0.2) is 9.37 Å². The standard InChI is InChI=1S/C16H17FN4O/c1-20-4-6-21(7-5-20)14-10-13-12(9-11(14)17)18-16(19-13)15-3-2-8-22-15/h2-3,8-10H,4-7H2,1H3,(H,18,19). The van der Waals surface area contributed by atoms with E-state index in [9.17, 15) is 4.39 Å². The molecule has 3 aromatic rings. The Morgan fingerprint density at radius 2 is 2.05 bits per heavy atom. The van der Waals surface area contributed by atoms with Crippen LogP contribution in [-0.2, 0) is 0 Å². The van der Waals surface area contributed by atoms with Gasteiger partial charge in [-0.2, -0.15) is 0 Å². The van der Waals surface area contributed by atoms with E-state index in [1.54, 1.807) is 12.3 Å². The van der Waals surface area contributed by atoms with Crippen molar-refractivity contribution < 1.29 is 8.81 Å². The van der Waals surface area contributed by atoms with Gasteiger partial charge in [0.15, 0.2) is 11.6 Å². The van der Waals surface area contributed by atoms with E-state index in [0.717, 1.165) is 31.7 Å². The van der Waals surface area contributed by atoms with E-state index in [1.165, 1.54) is 6.07 Å². The smallest absolute Gasteiger partial charge is 0.174 e. The van der Waals surface area contributed by atoms with Gasteiger partial charge in [-0.05, 0) is 25.2 Å². The van der Waals surface area contributed by atoms with Gasteiger partial charge in [0.1, 0.15) is 5.82 Å². The summed E-state index contributed by atoms with van der Waals surface area (Å²) in [6.45, 7) is 3.54. The second-order valence-corrected chi connectivity index (χ2v) is 5.67. The van der Waals surface area contributed by atoms with Crippen LogP contribution in [0.1, 0.15) is 0 Å². The van der Waals surface area contributed by atoms with Gasteiger partial charge in [-0.1, -0.05) is 0 Å². The van der Waals surface area contributed by atoms with Crippen molar-refractivity contribution in [3.63, 3.8) is 0 Å². The molecule has 0 unspecified atom stereocenters. The van der Waals surface area contributed by atoms with Crippen LogP contribution in [0.4, 0.5) is 10.1 Å². The van der Waals surface area contributed by atoms with Crippen molar-refractivity contribution in [1.82, 2.24) is 14.9 Å². The van der Waals surface area contributed by atoms with Crippen molar-refractivity contribution in [2.24, 2.45) is 0 Å². The monoisotopic (exact) mass is 300 g/mol. The summed E-state index contributed by atoms with van der Waals surface area (Å²) in [6.07, 6.45) is 1.60. The third-order valence-corrected chi connectivity index (χ3v) is 4.15. The van der Waals surface area contributed by atoms with Gasteiger partial charge >= 0.3 is 0 Å². The topological polar surface area (TPSA) is 48.3 Å². The summed E-state index contributed by atoms with van der Waals surface area (Å²) in [4.78, 5) is 11.9. The molecule has 0 bridgehead atoms. The van der Waals surface area contributed by atoms with Crippen molar-refractivity contribution >= 4 is 16.7 Å². The maximum atomic E-state index is 14.4. The minimum Gasteiger partial charge on any atom is -0.461 e. The predicted molar refractivity (Wildman–Crippen MR) is 83.5 cm³/mol. The number of anilines is 1. The summed E-state index contributed by atoms with van der Waals surface area (Å²) in [5.74, 6) is 1.05. The zero-order valence-electron chi connectivity index (χ0n) is 12.3. The summed E-state index contributed by atoms with van der Waals surface area (Å²) in [5.41, 5.74) is 2.06. The molecular weight excluding hydrogens is 283 g/mol. The first kappa shape index (κ1) is 13.3. The molecule has 0 saturated carbocycles. The molecule has 1 aliphatic rings. The zero-order chi connectivity index (χ0) is 15.1. The van der Waals surface area contributed by atoms with Gasteiger partial charge in [-0.15, -0.1) is 0 Å². The van der Waals surface area contributed by atoms with Crippen LogP contribution < -0.4 is 4.90 Å². The number of likely N-dealkylation sites (N-methyl/N-ethyl adjacent to an activating group) is 1. The lowest BCUT2D eigenvalue weighted by Crippen LogP contribution is -2.44. The molecule has 1 fully saturated rings. The predicted octanol–water partition coefficient (Wildman–Crippen LogP) is 2.71. The molecule has 3 heterocycles. The number of H-pyrrole nitrogens is 1. The number of rotatable bonds is 2. The minimum absolute atomic E-state index is 0.216. The molecular formula is C16H17FN4O. The van der Waals surface area contributed by atoms with Gasteiger partial charge < -0.3 is 19.2 Å². The number of hydrogen-bond donors (Lipinski definition) is 1. The van der Waals surface area contributed by atoms with Crippen molar-refractivity contribution in [2.75, 3.05) is 38.1 Å². The van der Waals surface area contributed by atoms with Crippen LogP contribution >= 0.6 is 0 Å². The quantitative estimate of drug-likeness (QED) is 0.790. The second kappa shape index (κ2) is 5.14. The molecule has 6 heteroatoms. The molecule has 1 saturated heterocycles. The van der Waals surface area contributed by atoms with E-state index < -0.39 is 0 Å². The Morgan fingerprint density at radius 3 is 2.77 bits per heavy atom. The van der Waals surface area contributed by atoms with Gasteiger partial charge in [0.25, 0.3) is 0 Å². The Kier molecular flexibility index (Phi) is 3.11. The van der Waals surface area contributed by atoms with Crippen LogP contribution in [0, 0.1) is 5.82 Å². The maximum absolute atomic E-state index is 14.4. The highest BCUT2D eigenvalue weighted by molar-refractivity contribution is 5.82. The number of nitrogens with zero attached hydrogens (tertiary/aromatic N) is 3. The first-order chi connectivity index (χ1) is 10.7. The van der Waals surface area contributed by atoms with Crippen LogP contribution in [0.2, 0.25) is 0 Å². The van der Waals surface area contributed by atoms with Crippen LogP contribution in [0.15, 0.2) is 34.9 Å². The Morgan fingerprint density at radius 1 is 1.23 bits per heavy atom. The Balaban J connectivity index is 1.72. The average molecular weight is 300 g/mol. The molecule has 1 aliphatic heterocycles. The van der Waals surface area contributed by atoms with E-state index in [2.05, 4.69) is 26.8 Å². The first-order valence-corrected chi connectivity index (χ1v) is 7.37. The lowest BCUT2D eigenvalue weighted by molar-refractivity contribution is 0.312. The summed E-state index contributed by atoms with van der Waals surface area (Å²) >= 11 is 0. The van der Waals surface area contributed by atoms with Gasteiger partial charge in [0, 0.05) is 32.2 Å². The fourth-order valence-electron chi connectivity index (χ4n) is 2.84. The normalized spacial score (nSPS) is 16.5. The lowest BCUT2D eigenvalue weighted by Gasteiger charge is -2.34. The van der Waals surface area contributed by atoms with Crippen molar-refractivity contribution in [2.45, 2.75) is 0 Å². The molecule has 0 radical (unpaired) electrons. The van der Waals surface area contributed by atoms with E-state index >= 15 is 0 Å². The van der Waals surface area contributed by atoms with Gasteiger partial charge in [0.05, 0.1) is 23.0 Å². The molecule has 1 aromatic carbocycles. The molecule has 114 valence electrons. The van der Waals surface area contributed by atoms with Crippen LogP contribution in [0.25, 0.3) is 22.6 Å². The number of aromatic nitrogens is 2. The first-order valence-electron chi connectivity index (χ1n) is 7.37. The van der Waals surface area contributed by atoms with E-state index in [1.807, 2.05) is 12.1 Å². The van der Waals surface area contributed by atoms with E-state index in [4.69, 9.17) is 4.42 Å². The summed E-state index contributed by atoms with van der Waals surface area (Å²) in [6, 6.07) is 6.97. The highest BCUT2D eigenvalue weighted by Gasteiger charge is 2.19. The maximum Gasteiger partial charge on any atom is 0.174 e. The molecule has 0 atom stereocenters. The average Bonchev–Trinajstić information content (AvgIpc) is 3.15. The highest BCUT2D eigenvalue weighted by Crippen LogP contribution is 2.28. The van der Waals surface area contributed by atoms with Crippen LogP contribution in [0.3, 0.4) is 0 Å². The zero-order valence-corrected chi connectivity index (χ0v) is 12.3. The third kappa shape index (κ3) is 2.25. The Labute approximate surface area is 127 Å². The molecule has 1 N–H and O–H groups in total. The van der Waals surface area contributed by atoms with E-state index in [0.29, 0.717) is 22.8 Å². The van der Waals surface area contributed by atoms with Crippen molar-refractivity contribution in [3.05, 3.63) is 36.3 Å². The number of imidazole rings is 1. The summed E-state index contributed by atoms with van der Waals surface area (Å²) in [5, 5.41) is 0. The van der Waals surface area contributed by atoms with Crippen molar-refractivity contribution in [1.29, 1.82) is 0 Å². The third-order valence-electron chi connectivity index (χ3n) is 4.15. The Bertz CT molecular complexity index is 788. The number of halogens is 1. The summed E-state index contributed by atoms with van der Waals surface area (Å²) < 4.78 is 19.8. The fourth-order valence-corrected chi connectivity index (χ4v) is 2.84. The molecule has 0 aliphatic carbocycles. The SMILES string of the molecule is CN1CCN(c2cc3nc(-c4ccco4)[nH]c3cc2F)CC1. The number of fused-ring (bicyclic) bond motifs is 1. The number of nitrogens with one attached hydrogen (secondary N) is 1. The largest absolute Gasteiger partial charge is 0.461 e. The lowest BCUT2D eigenvalue weighted by atomic mass is 10.2. The number of piperazine rings is 1. The number of hydrogen-bond acceptors (Lipinski definition) is 4. The molecule has 2 aromatic heterocycles. The summed E-state index contributed by atoms with van der Waals surface area (Å²) in [7, 11) is 2.08. The van der Waals surface area contributed by atoms with Gasteiger partial charge in [-0.3, -0.25) is 0 Å². The second-order valence-electron chi connectivity index (χ2n) is 5.67. The molecule has 22 heavy (non-hydrogen) atoms. The van der Waals surface area contributed by atoms with Gasteiger partial charge in [0.2, 0.25) is 0 Å². The van der Waals surface area contributed by atoms with Crippen molar-refractivity contribution in [3.8, 4) is 11.6 Å². The number of benzene rings is 1. The number of furan rings is 1. The Hall–Kier alpha value is -2.34. The molecule has 4 rings (SSSR count). The van der Waals surface area contributed by atoms with Crippen LogP contribution in [-0.4, -0.2) is 48.1 Å². The van der Waals surface area contributed by atoms with E-state index in [-0.39, 0.29) is 5.82 Å². The minimum atomic E-state index is -0.216. The van der Waals surface area contributed by atoms with Crippen LogP contribution in [0.5, 0.6) is 0 Å². The molecule has 0 spiro atoms. The number of aromatic amines is 1. The molecule has 5 nitrogen and oxygen atoms in total. The highest BCUT2D eigenvalue weighted by atomic mass is 19.1. The molecule has 0 amide bonds.